The molecule has 4 rings (SSSR count). The summed E-state index contributed by atoms with van der Waals surface area (Å²) in [5, 5.41) is 2.91. The minimum Gasteiger partial charge on any atom is -0.326 e. The van der Waals surface area contributed by atoms with E-state index in [0.29, 0.717) is 25.1 Å². The standard InChI is InChI=1S/C22H25N3O4S2/c1-15(2)25-19-11-10-17(13-20(19)30-22(25)27)23-21(26)16-7-6-12-24(14-16)31(28,29)18-8-4-3-5-9-18/h3-5,8-11,13,15-16H,6-7,12,14H2,1-2H3,(H,23,26). The van der Waals surface area contributed by atoms with E-state index in [9.17, 15) is 18.0 Å². The molecular formula is C22H25N3O4S2. The van der Waals surface area contributed by atoms with Crippen LogP contribution in [0.2, 0.25) is 0 Å². The third-order valence-corrected chi connectivity index (χ3v) is 8.33. The zero-order chi connectivity index (χ0) is 22.2. The Morgan fingerprint density at radius 1 is 1.16 bits per heavy atom. The molecule has 3 aromatic rings. The summed E-state index contributed by atoms with van der Waals surface area (Å²) in [4.78, 5) is 25.4. The predicted molar refractivity (Wildman–Crippen MR) is 123 cm³/mol. The first-order valence-electron chi connectivity index (χ1n) is 10.3. The summed E-state index contributed by atoms with van der Waals surface area (Å²) >= 11 is 1.15. The van der Waals surface area contributed by atoms with Crippen molar-refractivity contribution in [2.75, 3.05) is 18.4 Å². The molecule has 1 aromatic heterocycles. The minimum absolute atomic E-state index is 0.0254. The molecule has 0 bridgehead atoms. The van der Waals surface area contributed by atoms with Gasteiger partial charge in [0.15, 0.2) is 0 Å². The first-order valence-corrected chi connectivity index (χ1v) is 12.5. The van der Waals surface area contributed by atoms with Crippen LogP contribution in [0, 0.1) is 5.92 Å². The Kier molecular flexibility index (Phi) is 6.00. The van der Waals surface area contributed by atoms with Crippen LogP contribution >= 0.6 is 11.3 Å². The largest absolute Gasteiger partial charge is 0.326 e. The second kappa shape index (κ2) is 8.57. The van der Waals surface area contributed by atoms with E-state index < -0.39 is 15.9 Å². The monoisotopic (exact) mass is 459 g/mol. The number of hydrogen-bond donors (Lipinski definition) is 1. The van der Waals surface area contributed by atoms with Crippen molar-refractivity contribution in [1.82, 2.24) is 8.87 Å². The van der Waals surface area contributed by atoms with E-state index in [4.69, 9.17) is 0 Å². The van der Waals surface area contributed by atoms with Crippen LogP contribution in [0.3, 0.4) is 0 Å². The fourth-order valence-corrected chi connectivity index (χ4v) is 6.56. The van der Waals surface area contributed by atoms with Gasteiger partial charge in [0, 0.05) is 24.8 Å². The molecule has 9 heteroatoms. The topological polar surface area (TPSA) is 88.5 Å². The number of hydrogen-bond acceptors (Lipinski definition) is 5. The molecule has 1 atom stereocenters. The number of amides is 1. The van der Waals surface area contributed by atoms with Crippen LogP contribution in [0.15, 0.2) is 58.2 Å². The lowest BCUT2D eigenvalue weighted by atomic mass is 9.98. The summed E-state index contributed by atoms with van der Waals surface area (Å²) in [6.07, 6.45) is 1.26. The van der Waals surface area contributed by atoms with Gasteiger partial charge in [-0.15, -0.1) is 0 Å². The van der Waals surface area contributed by atoms with Crippen molar-refractivity contribution in [3.63, 3.8) is 0 Å². The van der Waals surface area contributed by atoms with Crippen molar-refractivity contribution in [2.24, 2.45) is 5.92 Å². The molecule has 0 aliphatic carbocycles. The zero-order valence-corrected chi connectivity index (χ0v) is 19.1. The highest BCUT2D eigenvalue weighted by molar-refractivity contribution is 7.89. The Bertz CT molecular complexity index is 1260. The van der Waals surface area contributed by atoms with Gasteiger partial charge in [0.1, 0.15) is 0 Å². The van der Waals surface area contributed by atoms with Gasteiger partial charge in [-0.3, -0.25) is 14.2 Å². The minimum atomic E-state index is -3.62. The highest BCUT2D eigenvalue weighted by atomic mass is 32.2. The number of aromatic nitrogens is 1. The summed E-state index contributed by atoms with van der Waals surface area (Å²) in [5.74, 6) is -0.634. The maximum absolute atomic E-state index is 12.9. The van der Waals surface area contributed by atoms with E-state index in [1.165, 1.54) is 4.31 Å². The molecule has 0 spiro atoms. The number of anilines is 1. The van der Waals surface area contributed by atoms with Crippen LogP contribution in [-0.4, -0.2) is 36.3 Å². The molecule has 1 aliphatic rings. The number of rotatable bonds is 5. The highest BCUT2D eigenvalue weighted by Gasteiger charge is 2.33. The van der Waals surface area contributed by atoms with Gasteiger partial charge in [-0.05, 0) is 57.0 Å². The van der Waals surface area contributed by atoms with Gasteiger partial charge >= 0.3 is 4.87 Å². The molecule has 0 saturated carbocycles. The van der Waals surface area contributed by atoms with E-state index in [1.54, 1.807) is 47.0 Å². The lowest BCUT2D eigenvalue weighted by Gasteiger charge is -2.31. The molecule has 2 heterocycles. The lowest BCUT2D eigenvalue weighted by Crippen LogP contribution is -2.43. The number of thiazole rings is 1. The van der Waals surface area contributed by atoms with Gasteiger partial charge in [-0.1, -0.05) is 29.5 Å². The summed E-state index contributed by atoms with van der Waals surface area (Å²) in [5.41, 5.74) is 1.46. The molecule has 1 N–H and O–H groups in total. The normalized spacial score (nSPS) is 17.8. The van der Waals surface area contributed by atoms with Gasteiger partial charge in [-0.25, -0.2) is 8.42 Å². The van der Waals surface area contributed by atoms with E-state index in [-0.39, 0.29) is 28.3 Å². The molecule has 1 saturated heterocycles. The molecule has 0 radical (unpaired) electrons. The number of carbonyl (C=O) groups excluding carboxylic acids is 1. The summed E-state index contributed by atoms with van der Waals surface area (Å²) < 4.78 is 29.8. The maximum atomic E-state index is 12.9. The third kappa shape index (κ3) is 4.30. The molecule has 2 aromatic carbocycles. The fraction of sp³-hybridized carbons (Fsp3) is 0.364. The van der Waals surface area contributed by atoms with Crippen molar-refractivity contribution in [1.29, 1.82) is 0 Å². The number of sulfonamides is 1. The SMILES string of the molecule is CC(C)n1c(=O)sc2cc(NC(=O)C3CCCN(S(=O)(=O)c4ccccc4)C3)ccc21. The van der Waals surface area contributed by atoms with E-state index >= 15 is 0 Å². The summed E-state index contributed by atoms with van der Waals surface area (Å²) in [6, 6.07) is 13.8. The van der Waals surface area contributed by atoms with Crippen LogP contribution in [0.4, 0.5) is 5.69 Å². The average molecular weight is 460 g/mol. The average Bonchev–Trinajstić information content (AvgIpc) is 3.09. The number of nitrogens with zero attached hydrogens (tertiary/aromatic N) is 2. The van der Waals surface area contributed by atoms with Gasteiger partial charge in [0.25, 0.3) is 0 Å². The Morgan fingerprint density at radius 2 is 1.90 bits per heavy atom. The Hall–Kier alpha value is -2.49. The number of fused-ring (bicyclic) bond motifs is 1. The third-order valence-electron chi connectivity index (χ3n) is 5.53. The van der Waals surface area contributed by atoms with Crippen molar-refractivity contribution >= 4 is 43.2 Å². The van der Waals surface area contributed by atoms with Crippen LogP contribution in [0.1, 0.15) is 32.7 Å². The number of nitrogens with one attached hydrogen (secondary N) is 1. The first-order chi connectivity index (χ1) is 14.8. The van der Waals surface area contributed by atoms with Gasteiger partial charge in [0.05, 0.1) is 21.0 Å². The quantitative estimate of drug-likeness (QED) is 0.630. The number of piperidine rings is 1. The molecule has 7 nitrogen and oxygen atoms in total. The van der Waals surface area contributed by atoms with E-state index in [0.717, 1.165) is 21.6 Å². The highest BCUT2D eigenvalue weighted by Crippen LogP contribution is 2.27. The molecule has 1 amide bonds. The van der Waals surface area contributed by atoms with Crippen molar-refractivity contribution < 1.29 is 13.2 Å². The number of benzene rings is 2. The van der Waals surface area contributed by atoms with E-state index in [1.807, 2.05) is 19.9 Å². The maximum Gasteiger partial charge on any atom is 0.308 e. The predicted octanol–water partition coefficient (Wildman–Crippen LogP) is 3.68. The van der Waals surface area contributed by atoms with E-state index in [2.05, 4.69) is 5.32 Å². The molecule has 1 fully saturated rings. The Balaban J connectivity index is 1.50. The zero-order valence-electron chi connectivity index (χ0n) is 17.4. The molecule has 1 unspecified atom stereocenters. The smallest absolute Gasteiger partial charge is 0.308 e. The lowest BCUT2D eigenvalue weighted by molar-refractivity contribution is -0.120. The van der Waals surface area contributed by atoms with Gasteiger partial charge < -0.3 is 5.32 Å². The Morgan fingerprint density at radius 3 is 2.61 bits per heavy atom. The van der Waals surface area contributed by atoms with Crippen molar-refractivity contribution in [3.05, 3.63) is 58.2 Å². The first kappa shape index (κ1) is 21.7. The van der Waals surface area contributed by atoms with Crippen LogP contribution in [0.5, 0.6) is 0 Å². The molecule has 31 heavy (non-hydrogen) atoms. The summed E-state index contributed by atoms with van der Waals surface area (Å²) in [7, 11) is -3.62. The van der Waals surface area contributed by atoms with Crippen LogP contribution in [0.25, 0.3) is 10.2 Å². The van der Waals surface area contributed by atoms with Crippen LogP contribution < -0.4 is 10.2 Å². The summed E-state index contributed by atoms with van der Waals surface area (Å²) in [6.45, 7) is 4.48. The van der Waals surface area contributed by atoms with Crippen molar-refractivity contribution in [3.8, 4) is 0 Å². The Labute approximate surface area is 185 Å². The molecule has 1 aliphatic heterocycles. The second-order valence-electron chi connectivity index (χ2n) is 8.02. The number of carbonyl (C=O) groups is 1. The van der Waals surface area contributed by atoms with Gasteiger partial charge in [-0.2, -0.15) is 4.31 Å². The molecular weight excluding hydrogens is 434 g/mol. The van der Waals surface area contributed by atoms with Crippen LogP contribution in [-0.2, 0) is 14.8 Å². The van der Waals surface area contributed by atoms with Gasteiger partial charge in [0.2, 0.25) is 15.9 Å². The van der Waals surface area contributed by atoms with Crippen molar-refractivity contribution in [2.45, 2.75) is 37.6 Å². The second-order valence-corrected chi connectivity index (χ2v) is 10.9. The molecule has 164 valence electrons. The fourth-order valence-electron chi connectivity index (χ4n) is 3.96.